The molecular formula is C26H24F3N3O2. The highest BCUT2D eigenvalue weighted by Crippen LogP contribution is 2.30. The van der Waals surface area contributed by atoms with Crippen LogP contribution in [0, 0.1) is 17.5 Å². The monoisotopic (exact) mass is 467 g/mol. The molecule has 1 saturated heterocycles. The van der Waals surface area contributed by atoms with Gasteiger partial charge in [-0.1, -0.05) is 24.3 Å². The summed E-state index contributed by atoms with van der Waals surface area (Å²) in [5.74, 6) is -1.76. The molecule has 3 aromatic rings. The second kappa shape index (κ2) is 10.5. The van der Waals surface area contributed by atoms with Gasteiger partial charge < -0.3 is 10.2 Å². The van der Waals surface area contributed by atoms with E-state index in [1.165, 1.54) is 48.5 Å². The summed E-state index contributed by atoms with van der Waals surface area (Å²) in [6, 6.07) is 17.3. The fourth-order valence-electron chi connectivity index (χ4n) is 4.10. The Hall–Kier alpha value is -3.65. The molecule has 1 aliphatic rings. The molecule has 0 spiro atoms. The van der Waals surface area contributed by atoms with Crippen molar-refractivity contribution < 1.29 is 22.8 Å². The van der Waals surface area contributed by atoms with Crippen molar-refractivity contribution in [2.24, 2.45) is 0 Å². The zero-order chi connectivity index (χ0) is 24.1. The number of carbonyl (C=O) groups excluding carboxylic acids is 2. The molecule has 5 nitrogen and oxygen atoms in total. The molecular weight excluding hydrogens is 443 g/mol. The van der Waals surface area contributed by atoms with Gasteiger partial charge in [-0.05, 0) is 59.7 Å². The van der Waals surface area contributed by atoms with E-state index in [4.69, 9.17) is 0 Å². The Morgan fingerprint density at radius 3 is 1.62 bits per heavy atom. The van der Waals surface area contributed by atoms with Gasteiger partial charge in [0.15, 0.2) is 0 Å². The fourth-order valence-corrected chi connectivity index (χ4v) is 4.10. The number of hydrogen-bond acceptors (Lipinski definition) is 3. The summed E-state index contributed by atoms with van der Waals surface area (Å²) >= 11 is 0. The molecule has 0 bridgehead atoms. The van der Waals surface area contributed by atoms with E-state index in [1.807, 2.05) is 0 Å². The van der Waals surface area contributed by atoms with Crippen molar-refractivity contribution >= 4 is 11.8 Å². The van der Waals surface area contributed by atoms with Crippen molar-refractivity contribution in [2.45, 2.75) is 6.04 Å². The molecule has 34 heavy (non-hydrogen) atoms. The van der Waals surface area contributed by atoms with Gasteiger partial charge in [0.2, 0.25) is 5.91 Å². The first-order chi connectivity index (χ1) is 16.4. The van der Waals surface area contributed by atoms with Crippen LogP contribution in [-0.4, -0.2) is 54.3 Å². The summed E-state index contributed by atoms with van der Waals surface area (Å²) in [4.78, 5) is 28.7. The molecule has 1 fully saturated rings. The summed E-state index contributed by atoms with van der Waals surface area (Å²) in [6.45, 7) is 1.85. The summed E-state index contributed by atoms with van der Waals surface area (Å²) in [6.07, 6.45) is 0. The fraction of sp³-hybridized carbons (Fsp3) is 0.231. The van der Waals surface area contributed by atoms with Gasteiger partial charge in [0.05, 0.1) is 12.6 Å². The first-order valence-corrected chi connectivity index (χ1v) is 11.0. The summed E-state index contributed by atoms with van der Waals surface area (Å²) < 4.78 is 40.0. The summed E-state index contributed by atoms with van der Waals surface area (Å²) in [5.41, 5.74) is 2.03. The zero-order valence-electron chi connectivity index (χ0n) is 18.4. The van der Waals surface area contributed by atoms with Crippen molar-refractivity contribution in [1.82, 2.24) is 15.1 Å². The van der Waals surface area contributed by atoms with Crippen molar-refractivity contribution in [3.05, 3.63) is 107 Å². The Kier molecular flexibility index (Phi) is 7.27. The van der Waals surface area contributed by atoms with Crippen molar-refractivity contribution in [3.63, 3.8) is 0 Å². The Bertz CT molecular complexity index is 1080. The van der Waals surface area contributed by atoms with Crippen molar-refractivity contribution in [3.8, 4) is 0 Å². The van der Waals surface area contributed by atoms with E-state index in [0.717, 1.165) is 11.1 Å². The van der Waals surface area contributed by atoms with Gasteiger partial charge in [0, 0.05) is 31.7 Å². The van der Waals surface area contributed by atoms with E-state index in [1.54, 1.807) is 29.2 Å². The second-order valence-electron chi connectivity index (χ2n) is 8.11. The topological polar surface area (TPSA) is 52.7 Å². The molecule has 0 unspecified atom stereocenters. The van der Waals surface area contributed by atoms with Crippen molar-refractivity contribution in [2.75, 3.05) is 32.7 Å². The van der Waals surface area contributed by atoms with Crippen molar-refractivity contribution in [1.29, 1.82) is 0 Å². The molecule has 8 heteroatoms. The normalized spacial score (nSPS) is 14.3. The molecule has 0 aliphatic carbocycles. The molecule has 0 aromatic heterocycles. The lowest BCUT2D eigenvalue weighted by molar-refractivity contribution is -0.132. The maximum Gasteiger partial charge on any atom is 0.251 e. The van der Waals surface area contributed by atoms with Gasteiger partial charge in [-0.2, -0.15) is 0 Å². The van der Waals surface area contributed by atoms with Crippen LogP contribution in [0.4, 0.5) is 13.2 Å². The highest BCUT2D eigenvalue weighted by molar-refractivity contribution is 5.96. The predicted octanol–water partition coefficient (Wildman–Crippen LogP) is 3.77. The minimum absolute atomic E-state index is 0.157. The third-order valence-electron chi connectivity index (χ3n) is 5.91. The van der Waals surface area contributed by atoms with E-state index in [2.05, 4.69) is 10.2 Å². The molecule has 1 N–H and O–H groups in total. The van der Waals surface area contributed by atoms with Gasteiger partial charge in [0.1, 0.15) is 17.5 Å². The highest BCUT2D eigenvalue weighted by atomic mass is 19.1. The lowest BCUT2D eigenvalue weighted by Crippen LogP contribution is -2.52. The van der Waals surface area contributed by atoms with Gasteiger partial charge in [-0.15, -0.1) is 0 Å². The average Bonchev–Trinajstić information content (AvgIpc) is 2.85. The number of benzene rings is 3. The number of halogens is 3. The minimum Gasteiger partial charge on any atom is -0.343 e. The smallest absolute Gasteiger partial charge is 0.251 e. The van der Waals surface area contributed by atoms with Crippen LogP contribution in [-0.2, 0) is 4.79 Å². The van der Waals surface area contributed by atoms with Gasteiger partial charge >= 0.3 is 0 Å². The van der Waals surface area contributed by atoms with Crippen LogP contribution >= 0.6 is 0 Å². The summed E-state index contributed by atoms with van der Waals surface area (Å²) in [5, 5.41) is 2.57. The van der Waals surface area contributed by atoms with Crippen LogP contribution in [0.5, 0.6) is 0 Å². The molecule has 0 radical (unpaired) electrons. The Morgan fingerprint density at radius 1 is 0.706 bits per heavy atom. The quantitative estimate of drug-likeness (QED) is 0.601. The lowest BCUT2D eigenvalue weighted by atomic mass is 9.96. The number of nitrogens with one attached hydrogen (secondary N) is 1. The minimum atomic E-state index is -0.445. The number of nitrogens with zero attached hydrogens (tertiary/aromatic N) is 2. The third-order valence-corrected chi connectivity index (χ3v) is 5.91. The first-order valence-electron chi connectivity index (χ1n) is 11.0. The Balaban J connectivity index is 1.38. The molecule has 176 valence electrons. The van der Waals surface area contributed by atoms with Gasteiger partial charge in [-0.3, -0.25) is 14.5 Å². The first kappa shape index (κ1) is 23.5. The molecule has 0 atom stereocenters. The zero-order valence-corrected chi connectivity index (χ0v) is 18.4. The van der Waals surface area contributed by atoms with E-state index in [9.17, 15) is 22.8 Å². The number of hydrogen-bond donors (Lipinski definition) is 1. The maximum absolute atomic E-state index is 13.5. The number of amides is 2. The molecule has 1 aliphatic heterocycles. The standard InChI is InChI=1S/C26H24F3N3O2/c27-21-7-1-18(2-8-21)25(19-3-9-22(28)10-4-19)32-15-13-31(14-16-32)24(33)17-30-26(34)20-5-11-23(29)12-6-20/h1-12,25H,13-17H2,(H,30,34). The molecule has 4 rings (SSSR count). The van der Waals surface area contributed by atoms with E-state index >= 15 is 0 Å². The number of carbonyl (C=O) groups is 2. The van der Waals surface area contributed by atoms with Crippen LogP contribution in [0.2, 0.25) is 0 Å². The second-order valence-corrected chi connectivity index (χ2v) is 8.11. The van der Waals surface area contributed by atoms with Crippen LogP contribution in [0.25, 0.3) is 0 Å². The van der Waals surface area contributed by atoms with Crippen LogP contribution < -0.4 is 5.32 Å². The SMILES string of the molecule is O=C(NCC(=O)N1CCN(C(c2ccc(F)cc2)c2ccc(F)cc2)CC1)c1ccc(F)cc1. The number of piperazine rings is 1. The van der Waals surface area contributed by atoms with Gasteiger partial charge in [-0.25, -0.2) is 13.2 Å². The van der Waals surface area contributed by atoms with Crippen LogP contribution in [0.3, 0.4) is 0 Å². The Morgan fingerprint density at radius 2 is 1.15 bits per heavy atom. The average molecular weight is 467 g/mol. The predicted molar refractivity (Wildman–Crippen MR) is 122 cm³/mol. The summed E-state index contributed by atoms with van der Waals surface area (Å²) in [7, 11) is 0. The van der Waals surface area contributed by atoms with Gasteiger partial charge in [0.25, 0.3) is 5.91 Å². The molecule has 0 saturated carbocycles. The lowest BCUT2D eigenvalue weighted by Gasteiger charge is -2.39. The number of rotatable bonds is 6. The van der Waals surface area contributed by atoms with E-state index in [0.29, 0.717) is 26.2 Å². The van der Waals surface area contributed by atoms with Crippen LogP contribution in [0.1, 0.15) is 27.5 Å². The molecule has 1 heterocycles. The highest BCUT2D eigenvalue weighted by Gasteiger charge is 2.28. The van der Waals surface area contributed by atoms with E-state index in [-0.39, 0.29) is 35.7 Å². The Labute approximate surface area is 195 Å². The molecule has 3 aromatic carbocycles. The maximum atomic E-state index is 13.5. The largest absolute Gasteiger partial charge is 0.343 e. The van der Waals surface area contributed by atoms with E-state index < -0.39 is 11.7 Å². The molecule has 2 amide bonds. The third kappa shape index (κ3) is 5.63. The van der Waals surface area contributed by atoms with Crippen LogP contribution in [0.15, 0.2) is 72.8 Å².